The van der Waals surface area contributed by atoms with Gasteiger partial charge in [-0.05, 0) is 29.8 Å². The summed E-state index contributed by atoms with van der Waals surface area (Å²) >= 11 is 5.70. The fraction of sp³-hybridized carbons (Fsp3) is 0.0769. The van der Waals surface area contributed by atoms with Crippen LogP contribution in [-0.2, 0) is 11.2 Å². The van der Waals surface area contributed by atoms with Crippen molar-refractivity contribution in [3.05, 3.63) is 96.3 Å². The Morgan fingerprint density at radius 3 is 2.61 bits per heavy atom. The number of H-pyrrole nitrogens is 1. The number of aromatic nitrogens is 2. The fourth-order valence-electron chi connectivity index (χ4n) is 3.98. The van der Waals surface area contributed by atoms with Crippen LogP contribution in [0.15, 0.2) is 85.1 Å². The Bertz CT molecular complexity index is 1410. The van der Waals surface area contributed by atoms with Crippen LogP contribution in [0.2, 0.25) is 0 Å². The number of alkyl halides is 1. The van der Waals surface area contributed by atoms with Gasteiger partial charge in [-0.25, -0.2) is 0 Å². The summed E-state index contributed by atoms with van der Waals surface area (Å²) in [4.78, 5) is 20.3. The SMILES string of the molecule is O=C(CCl)Nc1ccccc1Cc1nc2ccccc2cc1-c1c[nH]c2ccccc12. The topological polar surface area (TPSA) is 57.8 Å². The van der Waals surface area contributed by atoms with Gasteiger partial charge in [0.2, 0.25) is 5.91 Å². The third-order valence-corrected chi connectivity index (χ3v) is 5.70. The second kappa shape index (κ2) is 8.25. The maximum absolute atomic E-state index is 11.9. The van der Waals surface area contributed by atoms with Gasteiger partial charge in [0, 0.05) is 45.7 Å². The van der Waals surface area contributed by atoms with E-state index < -0.39 is 0 Å². The zero-order valence-corrected chi connectivity index (χ0v) is 17.5. The molecule has 0 atom stereocenters. The molecule has 0 spiro atoms. The molecule has 0 fully saturated rings. The molecule has 31 heavy (non-hydrogen) atoms. The summed E-state index contributed by atoms with van der Waals surface area (Å²) in [5.74, 6) is -0.305. The standard InChI is InChI=1S/C26H20ClN3O/c27-15-26(31)30-23-11-5-2-8-18(23)14-25-20(13-17-7-1-4-10-22(17)29-25)21-16-28-24-12-6-3-9-19(21)24/h1-13,16,28H,14-15H2,(H,30,31). The van der Waals surface area contributed by atoms with Gasteiger partial charge in [-0.15, -0.1) is 11.6 Å². The number of nitrogens with zero attached hydrogens (tertiary/aromatic N) is 1. The second-order valence-corrected chi connectivity index (χ2v) is 7.71. The predicted molar refractivity (Wildman–Crippen MR) is 128 cm³/mol. The molecule has 0 unspecified atom stereocenters. The zero-order valence-electron chi connectivity index (χ0n) is 16.7. The number of nitrogens with one attached hydrogen (secondary N) is 2. The summed E-state index contributed by atoms with van der Waals surface area (Å²) in [6.45, 7) is 0. The van der Waals surface area contributed by atoms with Gasteiger partial charge in [0.25, 0.3) is 0 Å². The lowest BCUT2D eigenvalue weighted by molar-refractivity contribution is -0.113. The van der Waals surface area contributed by atoms with Crippen LogP contribution < -0.4 is 5.32 Å². The summed E-state index contributed by atoms with van der Waals surface area (Å²) in [5, 5.41) is 5.15. The van der Waals surface area contributed by atoms with Gasteiger partial charge in [0.05, 0.1) is 11.2 Å². The number of fused-ring (bicyclic) bond motifs is 2. The highest BCUT2D eigenvalue weighted by Gasteiger charge is 2.15. The zero-order chi connectivity index (χ0) is 21.2. The number of para-hydroxylation sites is 3. The normalized spacial score (nSPS) is 11.1. The van der Waals surface area contributed by atoms with Crippen LogP contribution in [0.25, 0.3) is 32.9 Å². The van der Waals surface area contributed by atoms with Crippen molar-refractivity contribution < 1.29 is 4.79 Å². The molecule has 0 bridgehead atoms. The summed E-state index contributed by atoms with van der Waals surface area (Å²) < 4.78 is 0. The molecule has 152 valence electrons. The van der Waals surface area contributed by atoms with Gasteiger partial charge >= 0.3 is 0 Å². The van der Waals surface area contributed by atoms with Crippen LogP contribution >= 0.6 is 11.6 Å². The van der Waals surface area contributed by atoms with E-state index in [0.29, 0.717) is 6.42 Å². The Hall–Kier alpha value is -3.63. The van der Waals surface area contributed by atoms with Crippen molar-refractivity contribution in [3.63, 3.8) is 0 Å². The molecule has 0 saturated heterocycles. The fourth-order valence-corrected chi connectivity index (χ4v) is 4.05. The highest BCUT2D eigenvalue weighted by atomic mass is 35.5. The van der Waals surface area contributed by atoms with E-state index in [2.05, 4.69) is 34.6 Å². The van der Waals surface area contributed by atoms with Crippen molar-refractivity contribution in [3.8, 4) is 11.1 Å². The molecule has 5 rings (SSSR count). The molecule has 0 aliphatic rings. The summed E-state index contributed by atoms with van der Waals surface area (Å²) in [6, 6.07) is 26.4. The molecule has 4 nitrogen and oxygen atoms in total. The van der Waals surface area contributed by atoms with Crippen molar-refractivity contribution in [2.75, 3.05) is 11.2 Å². The summed E-state index contributed by atoms with van der Waals surface area (Å²) in [7, 11) is 0. The van der Waals surface area contributed by atoms with Gasteiger partial charge in [0.15, 0.2) is 0 Å². The number of pyridine rings is 1. The molecule has 3 aromatic carbocycles. The van der Waals surface area contributed by atoms with E-state index >= 15 is 0 Å². The van der Waals surface area contributed by atoms with E-state index in [4.69, 9.17) is 16.6 Å². The van der Waals surface area contributed by atoms with Crippen LogP contribution in [0.1, 0.15) is 11.3 Å². The number of benzene rings is 3. The molecule has 5 aromatic rings. The van der Waals surface area contributed by atoms with Gasteiger partial charge in [-0.2, -0.15) is 0 Å². The lowest BCUT2D eigenvalue weighted by atomic mass is 9.96. The largest absolute Gasteiger partial charge is 0.361 e. The number of halogens is 1. The van der Waals surface area contributed by atoms with Crippen molar-refractivity contribution in [2.45, 2.75) is 6.42 Å². The molecular weight excluding hydrogens is 406 g/mol. The number of hydrogen-bond donors (Lipinski definition) is 2. The first-order chi connectivity index (χ1) is 15.2. The van der Waals surface area contributed by atoms with Crippen LogP contribution in [-0.4, -0.2) is 21.8 Å². The lowest BCUT2D eigenvalue weighted by Crippen LogP contribution is -2.14. The number of aromatic amines is 1. The molecule has 5 heteroatoms. The predicted octanol–water partition coefficient (Wildman–Crippen LogP) is 6.15. The minimum atomic E-state index is -0.225. The number of amides is 1. The molecule has 1 amide bonds. The Labute approximate surface area is 184 Å². The van der Waals surface area contributed by atoms with Crippen LogP contribution in [0.5, 0.6) is 0 Å². The van der Waals surface area contributed by atoms with Gasteiger partial charge < -0.3 is 10.3 Å². The molecular formula is C26H20ClN3O. The van der Waals surface area contributed by atoms with Crippen LogP contribution in [0.3, 0.4) is 0 Å². The van der Waals surface area contributed by atoms with Crippen molar-refractivity contribution >= 4 is 45.0 Å². The number of hydrogen-bond acceptors (Lipinski definition) is 2. The Morgan fingerprint density at radius 2 is 1.71 bits per heavy atom. The van der Waals surface area contributed by atoms with E-state index in [1.54, 1.807) is 0 Å². The average Bonchev–Trinajstić information content (AvgIpc) is 3.24. The average molecular weight is 426 g/mol. The van der Waals surface area contributed by atoms with Gasteiger partial charge in [0.1, 0.15) is 5.88 Å². The summed E-state index contributed by atoms with van der Waals surface area (Å²) in [5.41, 5.74) is 6.93. The molecule has 0 saturated carbocycles. The maximum atomic E-state index is 11.9. The monoisotopic (exact) mass is 425 g/mol. The van der Waals surface area contributed by atoms with Crippen molar-refractivity contribution in [1.29, 1.82) is 0 Å². The first-order valence-electron chi connectivity index (χ1n) is 10.1. The quantitative estimate of drug-likeness (QED) is 0.332. The lowest BCUT2D eigenvalue weighted by Gasteiger charge is -2.14. The van der Waals surface area contributed by atoms with Crippen molar-refractivity contribution in [1.82, 2.24) is 9.97 Å². The molecule has 2 N–H and O–H groups in total. The van der Waals surface area contributed by atoms with E-state index in [-0.39, 0.29) is 11.8 Å². The first kappa shape index (κ1) is 19.3. The van der Waals surface area contributed by atoms with Gasteiger partial charge in [-0.3, -0.25) is 9.78 Å². The summed E-state index contributed by atoms with van der Waals surface area (Å²) in [6.07, 6.45) is 2.62. The molecule has 0 aliphatic carbocycles. The van der Waals surface area contributed by atoms with E-state index in [9.17, 15) is 4.79 Å². The Balaban J connectivity index is 1.67. The van der Waals surface area contributed by atoms with E-state index in [1.807, 2.05) is 60.8 Å². The molecule has 2 heterocycles. The van der Waals surface area contributed by atoms with Crippen LogP contribution in [0, 0.1) is 0 Å². The molecule has 2 aromatic heterocycles. The van der Waals surface area contributed by atoms with Crippen LogP contribution in [0.4, 0.5) is 5.69 Å². The molecule has 0 radical (unpaired) electrons. The second-order valence-electron chi connectivity index (χ2n) is 7.44. The number of anilines is 1. The minimum absolute atomic E-state index is 0.0802. The Kier molecular flexibility index (Phi) is 5.14. The third-order valence-electron chi connectivity index (χ3n) is 5.45. The highest BCUT2D eigenvalue weighted by Crippen LogP contribution is 2.34. The highest BCUT2D eigenvalue weighted by molar-refractivity contribution is 6.29. The van der Waals surface area contributed by atoms with Gasteiger partial charge in [-0.1, -0.05) is 54.6 Å². The van der Waals surface area contributed by atoms with Crippen molar-refractivity contribution in [2.24, 2.45) is 0 Å². The third kappa shape index (κ3) is 3.78. The number of carbonyl (C=O) groups is 1. The van der Waals surface area contributed by atoms with E-state index in [0.717, 1.165) is 49.9 Å². The Morgan fingerprint density at radius 1 is 0.935 bits per heavy atom. The minimum Gasteiger partial charge on any atom is -0.361 e. The molecule has 0 aliphatic heterocycles. The smallest absolute Gasteiger partial charge is 0.239 e. The number of carbonyl (C=O) groups excluding carboxylic acids is 1. The first-order valence-corrected chi connectivity index (χ1v) is 10.7. The number of rotatable bonds is 5. The maximum Gasteiger partial charge on any atom is 0.239 e. The van der Waals surface area contributed by atoms with E-state index in [1.165, 1.54) is 0 Å².